The highest BCUT2D eigenvalue weighted by atomic mass is 32.1. The third-order valence-electron chi connectivity index (χ3n) is 3.54. The van der Waals surface area contributed by atoms with Gasteiger partial charge in [0.2, 0.25) is 0 Å². The van der Waals surface area contributed by atoms with E-state index in [1.807, 2.05) is 5.38 Å². The monoisotopic (exact) mass is 240 g/mol. The maximum Gasteiger partial charge on any atom is 0.182 e. The van der Waals surface area contributed by atoms with Gasteiger partial charge in [-0.1, -0.05) is 13.8 Å². The molecule has 0 saturated heterocycles. The van der Waals surface area contributed by atoms with Crippen LogP contribution in [0.5, 0.6) is 0 Å². The molecule has 0 aromatic carbocycles. The molecule has 1 aliphatic carbocycles. The third-order valence-corrected chi connectivity index (χ3v) is 4.27. The molecule has 3 nitrogen and oxygen atoms in total. The molecule has 0 spiro atoms. The quantitative estimate of drug-likeness (QED) is 0.854. The van der Waals surface area contributed by atoms with E-state index in [2.05, 4.69) is 24.1 Å². The highest BCUT2D eigenvalue weighted by Crippen LogP contribution is 2.40. The Morgan fingerprint density at radius 1 is 1.38 bits per heavy atom. The molecular formula is C12H20N2OS. The molecule has 0 unspecified atom stereocenters. The van der Waals surface area contributed by atoms with Crippen molar-refractivity contribution in [1.29, 1.82) is 0 Å². The van der Waals surface area contributed by atoms with Crippen molar-refractivity contribution < 1.29 is 5.11 Å². The summed E-state index contributed by atoms with van der Waals surface area (Å²) in [6, 6.07) is 0. The van der Waals surface area contributed by atoms with E-state index in [1.54, 1.807) is 17.5 Å². The summed E-state index contributed by atoms with van der Waals surface area (Å²) in [7, 11) is 0. The Morgan fingerprint density at radius 2 is 2.06 bits per heavy atom. The number of aromatic nitrogens is 1. The number of nitrogens with one attached hydrogen (secondary N) is 1. The van der Waals surface area contributed by atoms with Gasteiger partial charge < -0.3 is 10.4 Å². The number of aliphatic hydroxyl groups is 1. The van der Waals surface area contributed by atoms with Gasteiger partial charge in [0, 0.05) is 18.1 Å². The van der Waals surface area contributed by atoms with Crippen LogP contribution in [0.4, 0.5) is 5.13 Å². The molecule has 90 valence electrons. The summed E-state index contributed by atoms with van der Waals surface area (Å²) < 4.78 is 0. The van der Waals surface area contributed by atoms with Crippen LogP contribution in [0.25, 0.3) is 0 Å². The molecule has 1 heterocycles. The van der Waals surface area contributed by atoms with E-state index in [4.69, 9.17) is 0 Å². The van der Waals surface area contributed by atoms with Crippen LogP contribution in [-0.2, 0) is 0 Å². The van der Waals surface area contributed by atoms with E-state index >= 15 is 0 Å². The molecule has 1 aromatic heterocycles. The van der Waals surface area contributed by atoms with Gasteiger partial charge in [-0.15, -0.1) is 11.3 Å². The second-order valence-electron chi connectivity index (χ2n) is 5.58. The smallest absolute Gasteiger partial charge is 0.182 e. The molecule has 1 aliphatic rings. The molecule has 1 fully saturated rings. The minimum absolute atomic E-state index is 0.396. The summed E-state index contributed by atoms with van der Waals surface area (Å²) in [4.78, 5) is 4.16. The molecule has 16 heavy (non-hydrogen) atoms. The van der Waals surface area contributed by atoms with Crippen LogP contribution in [0.15, 0.2) is 11.6 Å². The fourth-order valence-electron chi connectivity index (χ4n) is 2.12. The van der Waals surface area contributed by atoms with Crippen molar-refractivity contribution in [3.63, 3.8) is 0 Å². The summed E-state index contributed by atoms with van der Waals surface area (Å²) in [6.45, 7) is 5.18. The number of thiazole rings is 1. The lowest BCUT2D eigenvalue weighted by Gasteiger charge is -2.40. The fraction of sp³-hybridized carbons (Fsp3) is 0.750. The molecule has 4 heteroatoms. The minimum Gasteiger partial charge on any atom is -0.388 e. The van der Waals surface area contributed by atoms with Gasteiger partial charge in [-0.3, -0.25) is 0 Å². The molecule has 1 aromatic rings. The van der Waals surface area contributed by atoms with Crippen LogP contribution >= 0.6 is 11.3 Å². The largest absolute Gasteiger partial charge is 0.388 e. The second kappa shape index (κ2) is 4.34. The molecule has 0 aliphatic heterocycles. The molecule has 2 rings (SSSR count). The maximum absolute atomic E-state index is 10.4. The first-order chi connectivity index (χ1) is 7.49. The van der Waals surface area contributed by atoms with Gasteiger partial charge in [-0.25, -0.2) is 4.98 Å². The summed E-state index contributed by atoms with van der Waals surface area (Å²) in [5.74, 6) is 0. The first kappa shape index (κ1) is 11.9. The van der Waals surface area contributed by atoms with Crippen LogP contribution < -0.4 is 5.32 Å². The predicted octanol–water partition coefficient (Wildman–Crippen LogP) is 2.89. The van der Waals surface area contributed by atoms with Crippen LogP contribution in [0.1, 0.15) is 39.5 Å². The number of anilines is 1. The Kier molecular flexibility index (Phi) is 3.22. The Hall–Kier alpha value is -0.610. The predicted molar refractivity (Wildman–Crippen MR) is 67.8 cm³/mol. The molecule has 2 N–H and O–H groups in total. The van der Waals surface area contributed by atoms with Gasteiger partial charge in [-0.05, 0) is 31.1 Å². The van der Waals surface area contributed by atoms with Gasteiger partial charge in [0.15, 0.2) is 5.13 Å². The lowest BCUT2D eigenvalue weighted by atomic mass is 9.71. The average Bonchev–Trinajstić information content (AvgIpc) is 2.74. The van der Waals surface area contributed by atoms with E-state index in [0.29, 0.717) is 12.0 Å². The highest BCUT2D eigenvalue weighted by Gasteiger charge is 2.36. The van der Waals surface area contributed by atoms with Gasteiger partial charge in [-0.2, -0.15) is 0 Å². The first-order valence-corrected chi connectivity index (χ1v) is 6.73. The van der Waals surface area contributed by atoms with Crippen LogP contribution in [-0.4, -0.2) is 22.2 Å². The number of nitrogens with zero attached hydrogens (tertiary/aromatic N) is 1. The van der Waals surface area contributed by atoms with E-state index in [-0.39, 0.29) is 0 Å². The van der Waals surface area contributed by atoms with Crippen molar-refractivity contribution in [2.24, 2.45) is 5.41 Å². The second-order valence-corrected chi connectivity index (χ2v) is 6.47. The van der Waals surface area contributed by atoms with Crippen molar-refractivity contribution in [3.05, 3.63) is 11.6 Å². The van der Waals surface area contributed by atoms with Crippen LogP contribution in [0.2, 0.25) is 0 Å². The van der Waals surface area contributed by atoms with Gasteiger partial charge >= 0.3 is 0 Å². The van der Waals surface area contributed by atoms with E-state index < -0.39 is 5.60 Å². The molecule has 1 saturated carbocycles. The zero-order valence-electron chi connectivity index (χ0n) is 9.99. The van der Waals surface area contributed by atoms with E-state index in [9.17, 15) is 5.11 Å². The van der Waals surface area contributed by atoms with Crippen molar-refractivity contribution in [2.75, 3.05) is 11.9 Å². The van der Waals surface area contributed by atoms with Crippen molar-refractivity contribution in [3.8, 4) is 0 Å². The molecule has 0 atom stereocenters. The van der Waals surface area contributed by atoms with Crippen LogP contribution in [0.3, 0.4) is 0 Å². The molecule has 0 bridgehead atoms. The maximum atomic E-state index is 10.4. The molecular weight excluding hydrogens is 220 g/mol. The summed E-state index contributed by atoms with van der Waals surface area (Å²) in [5.41, 5.74) is -0.144. The zero-order valence-corrected chi connectivity index (χ0v) is 10.8. The van der Waals surface area contributed by atoms with Gasteiger partial charge in [0.1, 0.15) is 0 Å². The lowest BCUT2D eigenvalue weighted by molar-refractivity contribution is -0.0145. The Morgan fingerprint density at radius 3 is 2.62 bits per heavy atom. The first-order valence-electron chi connectivity index (χ1n) is 5.85. The molecule has 0 amide bonds. The summed E-state index contributed by atoms with van der Waals surface area (Å²) in [6.07, 6.45) is 5.75. The van der Waals surface area contributed by atoms with E-state index in [0.717, 1.165) is 30.8 Å². The third kappa shape index (κ3) is 2.95. The SMILES string of the molecule is CC1(C)CCC(O)(CNc2nccs2)CC1. The number of hydrogen-bond donors (Lipinski definition) is 2. The normalized spacial score (nSPS) is 22.9. The average molecular weight is 240 g/mol. The van der Waals surface area contributed by atoms with Crippen molar-refractivity contribution >= 4 is 16.5 Å². The van der Waals surface area contributed by atoms with Crippen molar-refractivity contribution in [1.82, 2.24) is 4.98 Å². The number of hydrogen-bond acceptors (Lipinski definition) is 4. The summed E-state index contributed by atoms with van der Waals surface area (Å²) >= 11 is 1.58. The van der Waals surface area contributed by atoms with Gasteiger partial charge in [0.05, 0.1) is 5.60 Å². The minimum atomic E-state index is -0.540. The van der Waals surface area contributed by atoms with E-state index in [1.165, 1.54) is 0 Å². The molecule has 0 radical (unpaired) electrons. The Balaban J connectivity index is 1.85. The van der Waals surface area contributed by atoms with Gasteiger partial charge in [0.25, 0.3) is 0 Å². The van der Waals surface area contributed by atoms with Crippen LogP contribution in [0, 0.1) is 5.41 Å². The number of rotatable bonds is 3. The Labute approximate surface area is 101 Å². The highest BCUT2D eigenvalue weighted by molar-refractivity contribution is 7.13. The lowest BCUT2D eigenvalue weighted by Crippen LogP contribution is -2.42. The zero-order chi connectivity index (χ0) is 11.6. The topological polar surface area (TPSA) is 45.1 Å². The Bertz CT molecular complexity index is 325. The van der Waals surface area contributed by atoms with Crippen molar-refractivity contribution in [2.45, 2.75) is 45.1 Å². The standard InChI is InChI=1S/C12H20N2OS/c1-11(2)3-5-12(15,6-4-11)9-14-10-13-7-8-16-10/h7-8,15H,3-6,9H2,1-2H3,(H,13,14). The summed E-state index contributed by atoms with van der Waals surface area (Å²) in [5, 5.41) is 16.5. The fourth-order valence-corrected chi connectivity index (χ4v) is 2.65.